The molecule has 0 saturated carbocycles. The summed E-state index contributed by atoms with van der Waals surface area (Å²) in [6, 6.07) is 70.4. The van der Waals surface area contributed by atoms with Crippen molar-refractivity contribution in [2.75, 3.05) is 4.90 Å². The van der Waals surface area contributed by atoms with Gasteiger partial charge in [-0.05, 0) is 89.5 Å². The number of benzene rings is 8. The molecular formula is C48H32N2S. The molecule has 8 aromatic carbocycles. The Hall–Kier alpha value is -6.42. The first-order valence-corrected chi connectivity index (χ1v) is 18.2. The molecule has 0 atom stereocenters. The first-order valence-electron chi connectivity index (χ1n) is 17.4. The lowest BCUT2D eigenvalue weighted by Gasteiger charge is -2.28. The molecule has 0 fully saturated rings. The van der Waals surface area contributed by atoms with Crippen LogP contribution in [0.25, 0.3) is 69.9 Å². The summed E-state index contributed by atoms with van der Waals surface area (Å²) in [5.41, 5.74) is 11.7. The first kappa shape index (κ1) is 29.5. The van der Waals surface area contributed by atoms with Crippen molar-refractivity contribution >= 4 is 70.4 Å². The molecule has 2 heterocycles. The summed E-state index contributed by atoms with van der Waals surface area (Å²) in [6.07, 6.45) is 0. The Balaban J connectivity index is 1.15. The lowest BCUT2D eigenvalue weighted by atomic mass is 10.00. The fourth-order valence-corrected chi connectivity index (χ4v) is 8.71. The van der Waals surface area contributed by atoms with Crippen molar-refractivity contribution in [2.45, 2.75) is 0 Å². The van der Waals surface area contributed by atoms with Gasteiger partial charge in [0.15, 0.2) is 0 Å². The van der Waals surface area contributed by atoms with Gasteiger partial charge in [-0.15, -0.1) is 11.3 Å². The summed E-state index contributed by atoms with van der Waals surface area (Å²) in [7, 11) is 0. The van der Waals surface area contributed by atoms with Gasteiger partial charge < -0.3 is 9.47 Å². The number of nitrogens with zero attached hydrogens (tertiary/aromatic N) is 2. The molecule has 0 amide bonds. The smallest absolute Gasteiger partial charge is 0.0542 e. The van der Waals surface area contributed by atoms with Gasteiger partial charge in [-0.25, -0.2) is 0 Å². The average molecular weight is 669 g/mol. The van der Waals surface area contributed by atoms with Gasteiger partial charge in [0.1, 0.15) is 0 Å². The maximum atomic E-state index is 2.41. The van der Waals surface area contributed by atoms with Gasteiger partial charge in [-0.1, -0.05) is 121 Å². The Labute approximate surface area is 300 Å². The van der Waals surface area contributed by atoms with E-state index < -0.39 is 0 Å². The minimum atomic E-state index is 1.11. The summed E-state index contributed by atoms with van der Waals surface area (Å²) in [4.78, 5) is 2.41. The van der Waals surface area contributed by atoms with E-state index >= 15 is 0 Å². The maximum absolute atomic E-state index is 2.41. The number of hydrogen-bond donors (Lipinski definition) is 0. The number of rotatable bonds is 6. The molecule has 10 aromatic rings. The minimum Gasteiger partial charge on any atom is -0.310 e. The van der Waals surface area contributed by atoms with Gasteiger partial charge in [-0.3, -0.25) is 0 Å². The molecule has 0 aliphatic rings. The number of para-hydroxylation sites is 3. The number of fused-ring (bicyclic) bond motifs is 6. The highest BCUT2D eigenvalue weighted by Crippen LogP contribution is 2.44. The predicted octanol–water partition coefficient (Wildman–Crippen LogP) is 14.0. The molecule has 0 unspecified atom stereocenters. The Bertz CT molecular complexity index is 2850. The van der Waals surface area contributed by atoms with Crippen LogP contribution < -0.4 is 4.90 Å². The van der Waals surface area contributed by atoms with Gasteiger partial charge in [0.2, 0.25) is 0 Å². The zero-order chi connectivity index (χ0) is 33.7. The van der Waals surface area contributed by atoms with E-state index in [1.54, 1.807) is 0 Å². The Morgan fingerprint density at radius 2 is 1.00 bits per heavy atom. The van der Waals surface area contributed by atoms with Crippen LogP contribution in [0.15, 0.2) is 194 Å². The lowest BCUT2D eigenvalue weighted by Crippen LogP contribution is -2.11. The second-order valence-corrected chi connectivity index (χ2v) is 14.0. The predicted molar refractivity (Wildman–Crippen MR) is 219 cm³/mol. The van der Waals surface area contributed by atoms with E-state index in [0.29, 0.717) is 0 Å². The van der Waals surface area contributed by atoms with Crippen LogP contribution in [-0.2, 0) is 0 Å². The van der Waals surface area contributed by atoms with Crippen LogP contribution in [0, 0.1) is 0 Å². The molecule has 51 heavy (non-hydrogen) atoms. The third-order valence-corrected chi connectivity index (χ3v) is 11.1. The standard InChI is InChI=1S/C48H32N2S/c1-3-13-34(14-4-1)39-17-7-10-20-44(39)49(37-26-23-33(24-27-37)35-25-30-48-43(31-35)41-19-9-12-22-47(41)51-48)38-28-29-46-42(32-38)40-18-8-11-21-45(40)50(46)36-15-5-2-6-16-36/h1-32H. The van der Waals surface area contributed by atoms with Gasteiger partial charge in [0, 0.05) is 53.6 Å². The van der Waals surface area contributed by atoms with Gasteiger partial charge in [0.05, 0.1) is 16.7 Å². The normalized spacial score (nSPS) is 11.5. The van der Waals surface area contributed by atoms with Crippen LogP contribution in [0.3, 0.4) is 0 Å². The summed E-state index contributed by atoms with van der Waals surface area (Å²) in [5, 5.41) is 5.10. The van der Waals surface area contributed by atoms with E-state index in [-0.39, 0.29) is 0 Å². The van der Waals surface area contributed by atoms with Crippen LogP contribution in [0.1, 0.15) is 0 Å². The molecule has 10 rings (SSSR count). The SMILES string of the molecule is c1ccc(-c2ccccc2N(c2ccc(-c3ccc4sc5ccccc5c4c3)cc2)c2ccc3c(c2)c2ccccc2n3-c2ccccc2)cc1. The van der Waals surface area contributed by atoms with Crippen molar-refractivity contribution in [2.24, 2.45) is 0 Å². The third kappa shape index (κ3) is 5.01. The van der Waals surface area contributed by atoms with Crippen molar-refractivity contribution in [1.82, 2.24) is 4.57 Å². The summed E-state index contributed by atoms with van der Waals surface area (Å²) in [6.45, 7) is 0. The van der Waals surface area contributed by atoms with Crippen LogP contribution in [0.5, 0.6) is 0 Å². The van der Waals surface area contributed by atoms with E-state index in [4.69, 9.17) is 0 Å². The number of anilines is 3. The van der Waals surface area contributed by atoms with Crippen molar-refractivity contribution in [3.63, 3.8) is 0 Å². The molecular weight excluding hydrogens is 637 g/mol. The zero-order valence-corrected chi connectivity index (χ0v) is 28.6. The summed E-state index contributed by atoms with van der Waals surface area (Å²) < 4.78 is 5.03. The second kappa shape index (κ2) is 12.2. The van der Waals surface area contributed by atoms with Crippen LogP contribution in [0.2, 0.25) is 0 Å². The second-order valence-electron chi connectivity index (χ2n) is 13.0. The van der Waals surface area contributed by atoms with Crippen LogP contribution in [0.4, 0.5) is 17.1 Å². The summed E-state index contributed by atoms with van der Waals surface area (Å²) >= 11 is 1.86. The highest BCUT2D eigenvalue weighted by Gasteiger charge is 2.20. The van der Waals surface area contributed by atoms with E-state index in [1.807, 2.05) is 11.3 Å². The number of aromatic nitrogens is 1. The monoisotopic (exact) mass is 668 g/mol. The molecule has 0 saturated heterocycles. The minimum absolute atomic E-state index is 1.11. The number of thiophene rings is 1. The molecule has 0 spiro atoms. The third-order valence-electron chi connectivity index (χ3n) is 9.99. The molecule has 0 bridgehead atoms. The van der Waals surface area contributed by atoms with Crippen LogP contribution >= 0.6 is 11.3 Å². The van der Waals surface area contributed by atoms with E-state index in [2.05, 4.69) is 204 Å². The van der Waals surface area contributed by atoms with Crippen molar-refractivity contribution in [3.8, 4) is 27.9 Å². The Morgan fingerprint density at radius 1 is 0.373 bits per heavy atom. The first-order chi connectivity index (χ1) is 25.3. The molecule has 0 aliphatic carbocycles. The molecule has 2 aromatic heterocycles. The zero-order valence-electron chi connectivity index (χ0n) is 27.8. The molecule has 0 aliphatic heterocycles. The number of hydrogen-bond acceptors (Lipinski definition) is 2. The highest BCUT2D eigenvalue weighted by molar-refractivity contribution is 7.25. The van der Waals surface area contributed by atoms with Gasteiger partial charge in [-0.2, -0.15) is 0 Å². The van der Waals surface area contributed by atoms with Gasteiger partial charge in [0.25, 0.3) is 0 Å². The van der Waals surface area contributed by atoms with E-state index in [9.17, 15) is 0 Å². The van der Waals surface area contributed by atoms with E-state index in [1.165, 1.54) is 64.2 Å². The fourth-order valence-electron chi connectivity index (χ4n) is 7.62. The Kier molecular flexibility index (Phi) is 7.04. The molecule has 3 heteroatoms. The van der Waals surface area contributed by atoms with E-state index in [0.717, 1.165) is 22.7 Å². The van der Waals surface area contributed by atoms with Crippen LogP contribution in [-0.4, -0.2) is 4.57 Å². The van der Waals surface area contributed by atoms with Crippen molar-refractivity contribution in [3.05, 3.63) is 194 Å². The van der Waals surface area contributed by atoms with Gasteiger partial charge >= 0.3 is 0 Å². The highest BCUT2D eigenvalue weighted by atomic mass is 32.1. The molecule has 2 nitrogen and oxygen atoms in total. The largest absolute Gasteiger partial charge is 0.310 e. The molecule has 0 radical (unpaired) electrons. The fraction of sp³-hybridized carbons (Fsp3) is 0. The lowest BCUT2D eigenvalue weighted by molar-refractivity contribution is 1.18. The Morgan fingerprint density at radius 3 is 1.84 bits per heavy atom. The molecule has 0 N–H and O–H groups in total. The topological polar surface area (TPSA) is 8.17 Å². The molecule has 240 valence electrons. The average Bonchev–Trinajstić information content (AvgIpc) is 3.74. The quantitative estimate of drug-likeness (QED) is 0.171. The van der Waals surface area contributed by atoms with Crippen molar-refractivity contribution in [1.29, 1.82) is 0 Å². The summed E-state index contributed by atoms with van der Waals surface area (Å²) in [5.74, 6) is 0. The maximum Gasteiger partial charge on any atom is 0.0542 e. The van der Waals surface area contributed by atoms with Crippen molar-refractivity contribution < 1.29 is 0 Å².